The van der Waals surface area contributed by atoms with Crippen molar-refractivity contribution in [3.05, 3.63) is 30.3 Å². The van der Waals surface area contributed by atoms with Crippen LogP contribution in [0, 0.1) is 0 Å². The van der Waals surface area contributed by atoms with Crippen LogP contribution in [0.4, 0.5) is 5.69 Å². The predicted octanol–water partition coefficient (Wildman–Crippen LogP) is 2.57. The lowest BCUT2D eigenvalue weighted by atomic mass is 10.1. The quantitative estimate of drug-likeness (QED) is 0.684. The van der Waals surface area contributed by atoms with Crippen LogP contribution >= 0.6 is 0 Å². The predicted molar refractivity (Wildman–Crippen MR) is 82.6 cm³/mol. The minimum atomic E-state index is -1.96. The molecule has 0 heterocycles. The molecule has 0 aromatic heterocycles. The standard InChI is InChI=1S/C14H26N2O2Si/c1-17-19(3,18-2)12-10-13(15)9-11-16-14-7-5-4-6-8-14/h4-8,13,16H,9-12,15H2,1-3H3. The Bertz CT molecular complexity index is 345. The number of benzene rings is 1. The summed E-state index contributed by atoms with van der Waals surface area (Å²) < 4.78 is 10.9. The zero-order valence-corrected chi connectivity index (χ0v) is 13.2. The fraction of sp³-hybridized carbons (Fsp3) is 0.571. The van der Waals surface area contributed by atoms with Crippen LogP contribution in [0.3, 0.4) is 0 Å². The molecular formula is C14H26N2O2Si. The molecule has 0 aliphatic heterocycles. The molecule has 0 aliphatic carbocycles. The Morgan fingerprint density at radius 3 is 2.37 bits per heavy atom. The highest BCUT2D eigenvalue weighted by atomic mass is 28.4. The Labute approximate surface area is 117 Å². The van der Waals surface area contributed by atoms with Crippen LogP contribution in [0.25, 0.3) is 0 Å². The third kappa shape index (κ3) is 6.20. The summed E-state index contributed by atoms with van der Waals surface area (Å²) in [6, 6.07) is 11.3. The summed E-state index contributed by atoms with van der Waals surface area (Å²) in [7, 11) is 1.48. The molecule has 1 aromatic carbocycles. The molecule has 19 heavy (non-hydrogen) atoms. The molecule has 0 saturated carbocycles. The van der Waals surface area contributed by atoms with Crippen LogP contribution in [0.1, 0.15) is 12.8 Å². The molecule has 5 heteroatoms. The third-order valence-electron chi connectivity index (χ3n) is 3.45. The van der Waals surface area contributed by atoms with Gasteiger partial charge >= 0.3 is 8.56 Å². The number of hydrogen-bond donors (Lipinski definition) is 2. The van der Waals surface area contributed by atoms with Crippen LogP contribution in [0.15, 0.2) is 30.3 Å². The molecule has 1 rings (SSSR count). The molecule has 108 valence electrons. The largest absolute Gasteiger partial charge is 0.398 e. The summed E-state index contributed by atoms with van der Waals surface area (Å²) >= 11 is 0. The zero-order valence-electron chi connectivity index (χ0n) is 12.2. The first-order chi connectivity index (χ1) is 9.09. The van der Waals surface area contributed by atoms with Gasteiger partial charge in [-0.25, -0.2) is 0 Å². The normalized spacial score (nSPS) is 13.3. The van der Waals surface area contributed by atoms with Gasteiger partial charge in [-0.2, -0.15) is 0 Å². The number of nitrogens with one attached hydrogen (secondary N) is 1. The van der Waals surface area contributed by atoms with E-state index in [4.69, 9.17) is 14.6 Å². The van der Waals surface area contributed by atoms with Gasteiger partial charge in [-0.1, -0.05) is 18.2 Å². The molecule has 1 unspecified atom stereocenters. The Morgan fingerprint density at radius 1 is 1.16 bits per heavy atom. The molecule has 1 atom stereocenters. The number of rotatable bonds is 9. The van der Waals surface area contributed by atoms with Gasteiger partial charge < -0.3 is 19.9 Å². The van der Waals surface area contributed by atoms with E-state index in [1.165, 1.54) is 0 Å². The van der Waals surface area contributed by atoms with Crippen molar-refractivity contribution in [2.75, 3.05) is 26.1 Å². The summed E-state index contributed by atoms with van der Waals surface area (Å²) in [6.07, 6.45) is 1.90. The van der Waals surface area contributed by atoms with Gasteiger partial charge in [0.05, 0.1) is 0 Å². The summed E-state index contributed by atoms with van der Waals surface area (Å²) in [4.78, 5) is 0. The Kier molecular flexibility index (Phi) is 7.08. The molecule has 0 fully saturated rings. The Hall–Kier alpha value is -0.883. The van der Waals surface area contributed by atoms with Gasteiger partial charge in [0.15, 0.2) is 0 Å². The second-order valence-electron chi connectivity index (χ2n) is 4.92. The summed E-state index contributed by atoms with van der Waals surface area (Å²) in [5.74, 6) is 0. The van der Waals surface area contributed by atoms with Crippen molar-refractivity contribution in [2.45, 2.75) is 31.5 Å². The van der Waals surface area contributed by atoms with Crippen LogP contribution in [-0.4, -0.2) is 35.4 Å². The minimum absolute atomic E-state index is 0.188. The molecule has 0 aliphatic rings. The summed E-state index contributed by atoms with van der Waals surface area (Å²) in [5.41, 5.74) is 7.27. The molecule has 0 saturated heterocycles. The maximum Gasteiger partial charge on any atom is 0.334 e. The number of hydrogen-bond acceptors (Lipinski definition) is 4. The fourth-order valence-corrected chi connectivity index (χ4v) is 3.31. The zero-order chi connectivity index (χ0) is 14.1. The average molecular weight is 282 g/mol. The van der Waals surface area contributed by atoms with Gasteiger partial charge in [0.25, 0.3) is 0 Å². The van der Waals surface area contributed by atoms with E-state index < -0.39 is 8.56 Å². The molecule has 0 spiro atoms. The molecule has 0 radical (unpaired) electrons. The molecule has 0 bridgehead atoms. The van der Waals surface area contributed by atoms with E-state index in [1.54, 1.807) is 14.2 Å². The number of para-hydroxylation sites is 1. The van der Waals surface area contributed by atoms with E-state index in [9.17, 15) is 0 Å². The molecule has 3 N–H and O–H groups in total. The van der Waals surface area contributed by atoms with E-state index >= 15 is 0 Å². The lowest BCUT2D eigenvalue weighted by Gasteiger charge is -2.24. The monoisotopic (exact) mass is 282 g/mol. The van der Waals surface area contributed by atoms with Crippen LogP contribution in [0.5, 0.6) is 0 Å². The number of anilines is 1. The highest BCUT2D eigenvalue weighted by Crippen LogP contribution is 2.15. The maximum atomic E-state index is 6.13. The van der Waals surface area contributed by atoms with Gasteiger partial charge in [-0.15, -0.1) is 0 Å². The first-order valence-corrected chi connectivity index (χ1v) is 9.27. The van der Waals surface area contributed by atoms with E-state index in [-0.39, 0.29) is 6.04 Å². The first-order valence-electron chi connectivity index (χ1n) is 6.74. The lowest BCUT2D eigenvalue weighted by molar-refractivity contribution is 0.247. The number of nitrogens with two attached hydrogens (primary N) is 1. The SMILES string of the molecule is CO[Si](C)(CCC(N)CCNc1ccccc1)OC. The first kappa shape index (κ1) is 16.2. The Balaban J connectivity index is 2.19. The van der Waals surface area contributed by atoms with E-state index in [1.807, 2.05) is 18.2 Å². The van der Waals surface area contributed by atoms with Crippen molar-refractivity contribution in [1.82, 2.24) is 0 Å². The van der Waals surface area contributed by atoms with Gasteiger partial charge in [0.1, 0.15) is 0 Å². The van der Waals surface area contributed by atoms with Crippen LogP contribution in [-0.2, 0) is 8.85 Å². The minimum Gasteiger partial charge on any atom is -0.398 e. The molecule has 1 aromatic rings. The van der Waals surface area contributed by atoms with Gasteiger partial charge in [0, 0.05) is 32.5 Å². The Morgan fingerprint density at radius 2 is 1.79 bits per heavy atom. The second-order valence-corrected chi connectivity index (χ2v) is 8.51. The molecule has 4 nitrogen and oxygen atoms in total. The van der Waals surface area contributed by atoms with Crippen molar-refractivity contribution >= 4 is 14.2 Å². The topological polar surface area (TPSA) is 56.5 Å². The highest BCUT2D eigenvalue weighted by molar-refractivity contribution is 6.65. The average Bonchev–Trinajstić information content (AvgIpc) is 2.46. The lowest BCUT2D eigenvalue weighted by Crippen LogP contribution is -2.38. The maximum absolute atomic E-state index is 6.13. The van der Waals surface area contributed by atoms with Crippen molar-refractivity contribution in [2.24, 2.45) is 5.73 Å². The third-order valence-corrected chi connectivity index (χ3v) is 6.37. The van der Waals surface area contributed by atoms with E-state index in [0.717, 1.165) is 31.1 Å². The smallest absolute Gasteiger partial charge is 0.334 e. The van der Waals surface area contributed by atoms with Gasteiger partial charge in [-0.3, -0.25) is 0 Å². The van der Waals surface area contributed by atoms with Crippen molar-refractivity contribution in [3.63, 3.8) is 0 Å². The van der Waals surface area contributed by atoms with Crippen molar-refractivity contribution in [1.29, 1.82) is 0 Å². The molecular weight excluding hydrogens is 256 g/mol. The molecule has 0 amide bonds. The van der Waals surface area contributed by atoms with Crippen LogP contribution < -0.4 is 11.1 Å². The van der Waals surface area contributed by atoms with Crippen LogP contribution in [0.2, 0.25) is 12.6 Å². The van der Waals surface area contributed by atoms with Crippen molar-refractivity contribution < 1.29 is 8.85 Å². The second kappa shape index (κ2) is 8.32. The van der Waals surface area contributed by atoms with Gasteiger partial charge in [-0.05, 0) is 37.6 Å². The van der Waals surface area contributed by atoms with Crippen molar-refractivity contribution in [3.8, 4) is 0 Å². The summed E-state index contributed by atoms with van der Waals surface area (Å²) in [5, 5.41) is 3.37. The van der Waals surface area contributed by atoms with E-state index in [0.29, 0.717) is 0 Å². The summed E-state index contributed by atoms with van der Waals surface area (Å²) in [6.45, 7) is 2.96. The highest BCUT2D eigenvalue weighted by Gasteiger charge is 2.28. The fourth-order valence-electron chi connectivity index (χ4n) is 1.84. The van der Waals surface area contributed by atoms with E-state index in [2.05, 4.69) is 24.0 Å². The van der Waals surface area contributed by atoms with Gasteiger partial charge in [0.2, 0.25) is 0 Å².